The van der Waals surface area contributed by atoms with Crippen molar-refractivity contribution in [3.8, 4) is 11.3 Å². The number of nitrogens with one attached hydrogen (secondary N) is 2. The van der Waals surface area contributed by atoms with Crippen molar-refractivity contribution in [1.82, 2.24) is 15.0 Å². The fourth-order valence-electron chi connectivity index (χ4n) is 2.99. The van der Waals surface area contributed by atoms with Crippen LogP contribution in [0.25, 0.3) is 22.2 Å². The number of aromatic nitrogens is 3. The molecule has 6 heteroatoms. The maximum Gasteiger partial charge on any atom is 0.253 e. The van der Waals surface area contributed by atoms with E-state index in [2.05, 4.69) is 20.3 Å². The first-order chi connectivity index (χ1) is 13.1. The van der Waals surface area contributed by atoms with E-state index in [1.807, 2.05) is 55.5 Å². The Morgan fingerprint density at radius 1 is 1.07 bits per heavy atom. The van der Waals surface area contributed by atoms with E-state index in [1.165, 1.54) is 0 Å². The predicted octanol–water partition coefficient (Wildman–Crippen LogP) is 4.81. The average molecular weight is 377 g/mol. The van der Waals surface area contributed by atoms with Crippen LogP contribution in [-0.4, -0.2) is 15.0 Å². The molecule has 0 bridgehead atoms. The molecule has 1 atom stereocenters. The molecule has 0 aliphatic rings. The van der Waals surface area contributed by atoms with Gasteiger partial charge in [0.1, 0.15) is 0 Å². The molecule has 134 valence electrons. The second-order valence-electron chi connectivity index (χ2n) is 6.28. The smallest absolute Gasteiger partial charge is 0.253 e. The van der Waals surface area contributed by atoms with Gasteiger partial charge in [-0.15, -0.1) is 0 Å². The van der Waals surface area contributed by atoms with Crippen LogP contribution in [0, 0.1) is 0 Å². The summed E-state index contributed by atoms with van der Waals surface area (Å²) in [6.45, 7) is 1.90. The van der Waals surface area contributed by atoms with Gasteiger partial charge in [-0.05, 0) is 37.3 Å². The molecule has 0 amide bonds. The maximum absolute atomic E-state index is 12.5. The summed E-state index contributed by atoms with van der Waals surface area (Å²) in [5.74, 6) is 0.467. The van der Waals surface area contributed by atoms with Crippen molar-refractivity contribution >= 4 is 28.5 Å². The molecule has 4 rings (SSSR count). The van der Waals surface area contributed by atoms with E-state index in [-0.39, 0.29) is 11.6 Å². The highest BCUT2D eigenvalue weighted by Crippen LogP contribution is 2.22. The van der Waals surface area contributed by atoms with Crippen molar-refractivity contribution < 1.29 is 0 Å². The Morgan fingerprint density at radius 3 is 2.70 bits per heavy atom. The van der Waals surface area contributed by atoms with Gasteiger partial charge >= 0.3 is 0 Å². The first-order valence-electron chi connectivity index (χ1n) is 8.57. The molecule has 0 spiro atoms. The molecule has 27 heavy (non-hydrogen) atoms. The van der Waals surface area contributed by atoms with Gasteiger partial charge < -0.3 is 10.3 Å². The zero-order valence-corrected chi connectivity index (χ0v) is 15.4. The highest BCUT2D eigenvalue weighted by atomic mass is 35.5. The number of aromatic amines is 1. The van der Waals surface area contributed by atoms with Gasteiger partial charge in [0, 0.05) is 33.2 Å². The topological polar surface area (TPSA) is 70.7 Å². The van der Waals surface area contributed by atoms with Crippen LogP contribution in [-0.2, 0) is 0 Å². The first kappa shape index (κ1) is 17.2. The minimum atomic E-state index is -0.275. The molecule has 4 aromatic rings. The van der Waals surface area contributed by atoms with Gasteiger partial charge in [-0.25, -0.2) is 9.97 Å². The number of hydrogen-bond acceptors (Lipinski definition) is 4. The van der Waals surface area contributed by atoms with Crippen molar-refractivity contribution in [2.75, 3.05) is 5.32 Å². The molecular formula is C21H17ClN4O. The lowest BCUT2D eigenvalue weighted by Gasteiger charge is -2.14. The standard InChI is InChI=1S/C21H17ClN4O/c1-13(17-12-15-11-16(22)7-8-18(15)25-20(17)27)24-21-23-10-9-19(26-21)14-5-3-2-4-6-14/h2-13H,1H3,(H,25,27)(H,23,24,26)/t13-/m0/s1. The minimum absolute atomic E-state index is 0.149. The van der Waals surface area contributed by atoms with Crippen LogP contribution in [0.2, 0.25) is 5.02 Å². The molecule has 0 aliphatic carbocycles. The summed E-state index contributed by atoms with van der Waals surface area (Å²) in [4.78, 5) is 24.2. The van der Waals surface area contributed by atoms with E-state index in [0.717, 1.165) is 22.2 Å². The number of anilines is 1. The number of H-pyrrole nitrogens is 1. The summed E-state index contributed by atoms with van der Waals surface area (Å²) in [6.07, 6.45) is 1.70. The first-order valence-corrected chi connectivity index (χ1v) is 8.95. The normalized spacial score (nSPS) is 12.1. The Kier molecular flexibility index (Phi) is 4.60. The van der Waals surface area contributed by atoms with Gasteiger partial charge in [0.2, 0.25) is 5.95 Å². The van der Waals surface area contributed by atoms with Crippen molar-refractivity contribution in [2.24, 2.45) is 0 Å². The van der Waals surface area contributed by atoms with Crippen molar-refractivity contribution in [1.29, 1.82) is 0 Å². The fourth-order valence-corrected chi connectivity index (χ4v) is 3.17. The molecule has 0 unspecified atom stereocenters. The Labute approximate surface area is 161 Å². The van der Waals surface area contributed by atoms with Gasteiger partial charge in [0.05, 0.1) is 11.7 Å². The summed E-state index contributed by atoms with van der Waals surface area (Å²) >= 11 is 6.07. The number of benzene rings is 2. The molecule has 5 nitrogen and oxygen atoms in total. The SMILES string of the molecule is C[C@H](Nc1nccc(-c2ccccc2)n1)c1cc2cc(Cl)ccc2[nH]c1=O. The van der Waals surface area contributed by atoms with Crippen molar-refractivity contribution in [2.45, 2.75) is 13.0 Å². The van der Waals surface area contributed by atoms with Crippen LogP contribution in [0.15, 0.2) is 71.7 Å². The largest absolute Gasteiger partial charge is 0.347 e. The highest BCUT2D eigenvalue weighted by Gasteiger charge is 2.13. The summed E-state index contributed by atoms with van der Waals surface area (Å²) in [5.41, 5.74) is 3.03. The molecule has 2 N–H and O–H groups in total. The lowest BCUT2D eigenvalue weighted by molar-refractivity contribution is 0.845. The van der Waals surface area contributed by atoms with E-state index >= 15 is 0 Å². The van der Waals surface area contributed by atoms with Crippen LogP contribution in [0.3, 0.4) is 0 Å². The Morgan fingerprint density at radius 2 is 1.89 bits per heavy atom. The lowest BCUT2D eigenvalue weighted by Crippen LogP contribution is -2.20. The second-order valence-corrected chi connectivity index (χ2v) is 6.72. The third kappa shape index (κ3) is 3.68. The van der Waals surface area contributed by atoms with Gasteiger partial charge in [-0.1, -0.05) is 41.9 Å². The second kappa shape index (κ2) is 7.21. The molecule has 0 fully saturated rings. The van der Waals surface area contributed by atoms with E-state index in [4.69, 9.17) is 11.6 Å². The number of rotatable bonds is 4. The Hall–Kier alpha value is -3.18. The summed E-state index contributed by atoms with van der Waals surface area (Å²) in [5, 5.41) is 4.72. The molecule has 0 saturated carbocycles. The van der Waals surface area contributed by atoms with Crippen LogP contribution in [0.5, 0.6) is 0 Å². The number of hydrogen-bond donors (Lipinski definition) is 2. The number of halogens is 1. The fraction of sp³-hybridized carbons (Fsp3) is 0.0952. The van der Waals surface area contributed by atoms with Crippen LogP contribution < -0.4 is 10.9 Å². The summed E-state index contributed by atoms with van der Waals surface area (Å²) in [7, 11) is 0. The zero-order chi connectivity index (χ0) is 18.8. The van der Waals surface area contributed by atoms with Crippen LogP contribution >= 0.6 is 11.6 Å². The third-order valence-electron chi connectivity index (χ3n) is 4.37. The molecular weight excluding hydrogens is 360 g/mol. The third-order valence-corrected chi connectivity index (χ3v) is 4.61. The van der Waals surface area contributed by atoms with Crippen LogP contribution in [0.4, 0.5) is 5.95 Å². The quantitative estimate of drug-likeness (QED) is 0.536. The Bertz CT molecular complexity index is 1160. The number of pyridine rings is 1. The van der Waals surface area contributed by atoms with E-state index in [0.29, 0.717) is 16.5 Å². The maximum atomic E-state index is 12.5. The highest BCUT2D eigenvalue weighted by molar-refractivity contribution is 6.31. The molecule has 2 aromatic carbocycles. The number of fused-ring (bicyclic) bond motifs is 1. The Balaban J connectivity index is 1.64. The molecule has 0 aliphatic heterocycles. The van der Waals surface area contributed by atoms with Gasteiger partial charge in [0.25, 0.3) is 5.56 Å². The summed E-state index contributed by atoms with van der Waals surface area (Å²) in [6, 6.07) is 18.7. The van der Waals surface area contributed by atoms with Crippen molar-refractivity contribution in [3.63, 3.8) is 0 Å². The minimum Gasteiger partial charge on any atom is -0.347 e. The predicted molar refractivity (Wildman–Crippen MR) is 109 cm³/mol. The van der Waals surface area contributed by atoms with Gasteiger partial charge in [-0.3, -0.25) is 4.79 Å². The summed E-state index contributed by atoms with van der Waals surface area (Å²) < 4.78 is 0. The molecule has 2 aromatic heterocycles. The number of nitrogens with zero attached hydrogens (tertiary/aromatic N) is 2. The van der Waals surface area contributed by atoms with Crippen molar-refractivity contribution in [3.05, 3.63) is 87.8 Å². The van der Waals surface area contributed by atoms with E-state index in [1.54, 1.807) is 18.3 Å². The van der Waals surface area contributed by atoms with E-state index in [9.17, 15) is 4.79 Å². The zero-order valence-electron chi connectivity index (χ0n) is 14.6. The van der Waals surface area contributed by atoms with Gasteiger partial charge in [0.15, 0.2) is 0 Å². The van der Waals surface area contributed by atoms with Crippen LogP contribution in [0.1, 0.15) is 18.5 Å². The monoisotopic (exact) mass is 376 g/mol. The molecule has 2 heterocycles. The van der Waals surface area contributed by atoms with E-state index < -0.39 is 0 Å². The molecule has 0 saturated heterocycles. The average Bonchev–Trinajstić information content (AvgIpc) is 2.68. The van der Waals surface area contributed by atoms with Gasteiger partial charge in [-0.2, -0.15) is 0 Å². The molecule has 0 radical (unpaired) electrons. The lowest BCUT2D eigenvalue weighted by atomic mass is 10.1.